The summed E-state index contributed by atoms with van der Waals surface area (Å²) in [7, 11) is 0. The third-order valence-electron chi connectivity index (χ3n) is 5.07. The van der Waals surface area contributed by atoms with Crippen molar-refractivity contribution in [2.24, 2.45) is 5.92 Å². The molecule has 5 nitrogen and oxygen atoms in total. The van der Waals surface area contributed by atoms with Crippen LogP contribution in [0.2, 0.25) is 0 Å². The van der Waals surface area contributed by atoms with Gasteiger partial charge in [-0.05, 0) is 45.1 Å². The molecule has 28 heavy (non-hydrogen) atoms. The molecule has 2 unspecified atom stereocenters. The minimum Gasteiger partial charge on any atom is -0.354 e. The number of carbonyl (C=O) groups excluding carboxylic acids is 2. The van der Waals surface area contributed by atoms with Crippen molar-refractivity contribution in [3.05, 3.63) is 52.0 Å². The van der Waals surface area contributed by atoms with Crippen LogP contribution in [0.25, 0.3) is 0 Å². The van der Waals surface area contributed by atoms with Gasteiger partial charge in [0, 0.05) is 29.8 Å². The highest BCUT2D eigenvalue weighted by atomic mass is 32.1. The molecular formula is C22H29N3O2S. The van der Waals surface area contributed by atoms with Gasteiger partial charge in [-0.2, -0.15) is 0 Å². The van der Waals surface area contributed by atoms with Crippen molar-refractivity contribution in [2.45, 2.75) is 64.5 Å². The zero-order valence-electron chi connectivity index (χ0n) is 16.6. The average molecular weight is 400 g/mol. The van der Waals surface area contributed by atoms with E-state index in [1.807, 2.05) is 37.4 Å². The number of benzene rings is 1. The smallest absolute Gasteiger partial charge is 0.270 e. The van der Waals surface area contributed by atoms with Crippen LogP contribution in [0.1, 0.15) is 60.6 Å². The second-order valence-corrected chi connectivity index (χ2v) is 8.75. The summed E-state index contributed by atoms with van der Waals surface area (Å²) in [4.78, 5) is 29.4. The first-order valence-electron chi connectivity index (χ1n) is 10.1. The van der Waals surface area contributed by atoms with Crippen molar-refractivity contribution in [3.8, 4) is 0 Å². The number of carbonyl (C=O) groups is 2. The highest BCUT2D eigenvalue weighted by Crippen LogP contribution is 2.25. The van der Waals surface area contributed by atoms with Crippen LogP contribution < -0.4 is 10.6 Å². The van der Waals surface area contributed by atoms with Crippen molar-refractivity contribution < 1.29 is 9.59 Å². The lowest BCUT2D eigenvalue weighted by Crippen LogP contribution is -2.43. The maximum atomic E-state index is 12.6. The SMILES string of the molecule is CC(C)NC(=O)C1CCCC(NC(=O)c2csc(CCc3ccccc3)n2)C1. The quantitative estimate of drug-likeness (QED) is 0.745. The van der Waals surface area contributed by atoms with Gasteiger partial charge in [0.05, 0.1) is 5.01 Å². The molecule has 0 saturated heterocycles. The van der Waals surface area contributed by atoms with Gasteiger partial charge in [0.15, 0.2) is 0 Å². The van der Waals surface area contributed by atoms with Gasteiger partial charge in [-0.15, -0.1) is 11.3 Å². The molecule has 2 aromatic rings. The van der Waals surface area contributed by atoms with Crippen molar-refractivity contribution >= 4 is 23.2 Å². The molecule has 150 valence electrons. The van der Waals surface area contributed by atoms with Gasteiger partial charge in [-0.1, -0.05) is 36.8 Å². The molecule has 1 aliphatic rings. The molecule has 2 N–H and O–H groups in total. The summed E-state index contributed by atoms with van der Waals surface area (Å²) >= 11 is 1.54. The molecule has 0 bridgehead atoms. The third-order valence-corrected chi connectivity index (χ3v) is 5.97. The number of rotatable bonds is 7. The van der Waals surface area contributed by atoms with Gasteiger partial charge in [0.25, 0.3) is 5.91 Å². The first-order chi connectivity index (χ1) is 13.5. The third kappa shape index (κ3) is 5.89. The fourth-order valence-corrected chi connectivity index (χ4v) is 4.43. The summed E-state index contributed by atoms with van der Waals surface area (Å²) < 4.78 is 0. The molecule has 0 aliphatic heterocycles. The van der Waals surface area contributed by atoms with E-state index in [1.165, 1.54) is 16.9 Å². The molecule has 1 aromatic carbocycles. The van der Waals surface area contributed by atoms with Crippen molar-refractivity contribution in [1.29, 1.82) is 0 Å². The molecule has 2 atom stereocenters. The normalized spacial score (nSPS) is 19.4. The summed E-state index contributed by atoms with van der Waals surface area (Å²) in [5.74, 6) is -0.0405. The maximum Gasteiger partial charge on any atom is 0.270 e. The molecule has 1 heterocycles. The largest absolute Gasteiger partial charge is 0.354 e. The summed E-state index contributed by atoms with van der Waals surface area (Å²) in [6.45, 7) is 3.94. The predicted octanol–water partition coefficient (Wildman–Crippen LogP) is 3.74. The molecule has 0 spiro atoms. The Labute approximate surface area is 171 Å². The molecule has 3 rings (SSSR count). The Hall–Kier alpha value is -2.21. The van der Waals surface area contributed by atoms with Crippen LogP contribution in [-0.4, -0.2) is 28.9 Å². The molecule has 0 radical (unpaired) electrons. The average Bonchev–Trinajstić information content (AvgIpc) is 3.16. The van der Waals surface area contributed by atoms with Crippen LogP contribution in [0.3, 0.4) is 0 Å². The molecule has 1 saturated carbocycles. The van der Waals surface area contributed by atoms with Crippen molar-refractivity contribution in [3.63, 3.8) is 0 Å². The number of nitrogens with one attached hydrogen (secondary N) is 2. The van der Waals surface area contributed by atoms with Crippen molar-refractivity contribution in [2.75, 3.05) is 0 Å². The van der Waals surface area contributed by atoms with Crippen LogP contribution >= 0.6 is 11.3 Å². The zero-order chi connectivity index (χ0) is 19.9. The first-order valence-corrected chi connectivity index (χ1v) is 11.0. The molecule has 2 amide bonds. The van der Waals surface area contributed by atoms with Crippen molar-refractivity contribution in [1.82, 2.24) is 15.6 Å². The Kier molecular flexibility index (Phi) is 7.20. The number of aryl methyl sites for hydroxylation is 2. The molecule has 6 heteroatoms. The van der Waals surface area contributed by atoms with Gasteiger partial charge >= 0.3 is 0 Å². The first kappa shape index (κ1) is 20.5. The minimum atomic E-state index is -0.128. The van der Waals surface area contributed by atoms with E-state index in [0.29, 0.717) is 12.1 Å². The van der Waals surface area contributed by atoms with E-state index in [4.69, 9.17) is 0 Å². The van der Waals surface area contributed by atoms with Gasteiger partial charge in [-0.3, -0.25) is 9.59 Å². The van der Waals surface area contributed by atoms with E-state index >= 15 is 0 Å². The topological polar surface area (TPSA) is 71.1 Å². The number of amides is 2. The Balaban J connectivity index is 1.50. The number of nitrogens with zero attached hydrogens (tertiary/aromatic N) is 1. The van der Waals surface area contributed by atoms with Crippen LogP contribution in [0.4, 0.5) is 0 Å². The minimum absolute atomic E-state index is 0.0154. The summed E-state index contributed by atoms with van der Waals surface area (Å²) in [5, 5.41) is 8.89. The Morgan fingerprint density at radius 2 is 1.96 bits per heavy atom. The van der Waals surface area contributed by atoms with Gasteiger partial charge in [-0.25, -0.2) is 4.98 Å². The second-order valence-electron chi connectivity index (χ2n) is 7.81. The molecular weight excluding hydrogens is 370 g/mol. The standard InChI is InChI=1S/C22H29N3O2S/c1-15(2)23-21(26)17-9-6-10-18(13-17)24-22(27)19-14-28-20(25-19)12-11-16-7-4-3-5-8-16/h3-5,7-8,14-15,17-18H,6,9-13H2,1-2H3,(H,23,26)(H,24,27). The summed E-state index contributed by atoms with van der Waals surface area (Å²) in [6.07, 6.45) is 5.23. The zero-order valence-corrected chi connectivity index (χ0v) is 17.4. The predicted molar refractivity (Wildman–Crippen MR) is 112 cm³/mol. The monoisotopic (exact) mass is 399 g/mol. The van der Waals surface area contributed by atoms with Crippen LogP contribution in [0.15, 0.2) is 35.7 Å². The van der Waals surface area contributed by atoms with Crippen LogP contribution in [-0.2, 0) is 17.6 Å². The number of hydrogen-bond donors (Lipinski definition) is 2. The van der Waals surface area contributed by atoms with Crippen LogP contribution in [0, 0.1) is 5.92 Å². The lowest BCUT2D eigenvalue weighted by Gasteiger charge is -2.29. The Morgan fingerprint density at radius 1 is 1.18 bits per heavy atom. The Morgan fingerprint density at radius 3 is 2.71 bits per heavy atom. The van der Waals surface area contributed by atoms with E-state index in [-0.39, 0.29) is 29.8 Å². The van der Waals surface area contributed by atoms with Gasteiger partial charge < -0.3 is 10.6 Å². The number of aromatic nitrogens is 1. The number of hydrogen-bond acceptors (Lipinski definition) is 4. The summed E-state index contributed by atoms with van der Waals surface area (Å²) in [5.41, 5.74) is 1.76. The highest BCUT2D eigenvalue weighted by Gasteiger charge is 2.28. The van der Waals surface area contributed by atoms with Crippen LogP contribution in [0.5, 0.6) is 0 Å². The lowest BCUT2D eigenvalue weighted by atomic mass is 9.85. The van der Waals surface area contributed by atoms with Gasteiger partial charge in [0.1, 0.15) is 5.69 Å². The fourth-order valence-electron chi connectivity index (χ4n) is 3.65. The maximum absolute atomic E-state index is 12.6. The van der Waals surface area contributed by atoms with E-state index in [9.17, 15) is 9.59 Å². The molecule has 1 fully saturated rings. The van der Waals surface area contributed by atoms with E-state index in [0.717, 1.165) is 37.1 Å². The molecule has 1 aromatic heterocycles. The van der Waals surface area contributed by atoms with Gasteiger partial charge in [0.2, 0.25) is 5.91 Å². The van der Waals surface area contributed by atoms with E-state index in [1.54, 1.807) is 0 Å². The Bertz CT molecular complexity index is 788. The summed E-state index contributed by atoms with van der Waals surface area (Å²) in [6, 6.07) is 10.5. The highest BCUT2D eigenvalue weighted by molar-refractivity contribution is 7.09. The second kappa shape index (κ2) is 9.82. The molecule has 1 aliphatic carbocycles. The fraction of sp³-hybridized carbons (Fsp3) is 0.500. The lowest BCUT2D eigenvalue weighted by molar-refractivity contribution is -0.126. The van der Waals surface area contributed by atoms with E-state index in [2.05, 4.69) is 27.8 Å². The number of thiazole rings is 1. The van der Waals surface area contributed by atoms with E-state index < -0.39 is 0 Å².